The van der Waals surface area contributed by atoms with Crippen LogP contribution in [-0.4, -0.2) is 67.2 Å². The van der Waals surface area contributed by atoms with Gasteiger partial charge in [0.15, 0.2) is 6.29 Å². The summed E-state index contributed by atoms with van der Waals surface area (Å²) in [5, 5.41) is 7.13. The second-order valence-corrected chi connectivity index (χ2v) is 14.7. The lowest BCUT2D eigenvalue weighted by molar-refractivity contribution is 0.0522. The highest BCUT2D eigenvalue weighted by molar-refractivity contribution is 6.35. The van der Waals surface area contributed by atoms with Gasteiger partial charge in [0.2, 0.25) is 0 Å². The van der Waals surface area contributed by atoms with Gasteiger partial charge in [0.1, 0.15) is 39.9 Å². The van der Waals surface area contributed by atoms with Crippen molar-refractivity contribution < 1.29 is 33.4 Å². The summed E-state index contributed by atoms with van der Waals surface area (Å²) in [6.45, 7) is 12.4. The van der Waals surface area contributed by atoms with Crippen LogP contribution in [0, 0.1) is 0 Å². The minimum absolute atomic E-state index is 0.0748. The van der Waals surface area contributed by atoms with E-state index in [-0.39, 0.29) is 28.6 Å². The molecule has 5 N–H and O–H groups in total. The number of aromatic amines is 1. The number of nitrogens with one attached hydrogen (secondary N) is 3. The molecule has 20 heteroatoms. The predicted octanol–water partition coefficient (Wildman–Crippen LogP) is 9.05. The predicted molar refractivity (Wildman–Crippen MR) is 221 cm³/mol. The largest absolute Gasteiger partial charge is 0.462 e. The van der Waals surface area contributed by atoms with Crippen molar-refractivity contribution in [3.63, 3.8) is 0 Å². The number of carbonyl (C=O) groups is 4. The topological polar surface area (TPSA) is 230 Å². The third-order valence-electron chi connectivity index (χ3n) is 5.97. The van der Waals surface area contributed by atoms with Crippen LogP contribution in [0.5, 0.6) is 0 Å². The van der Waals surface area contributed by atoms with Gasteiger partial charge in [0, 0.05) is 40.2 Å². The van der Waals surface area contributed by atoms with Gasteiger partial charge in [-0.05, 0) is 90.9 Å². The molecule has 2 amide bonds. The first-order valence-corrected chi connectivity index (χ1v) is 18.1. The van der Waals surface area contributed by atoms with Crippen molar-refractivity contribution in [2.24, 2.45) is 0 Å². The van der Waals surface area contributed by atoms with Crippen LogP contribution in [0.15, 0.2) is 72.0 Å². The molecule has 5 aromatic rings. The smallest absolute Gasteiger partial charge is 0.413 e. The average Bonchev–Trinajstić information content (AvgIpc) is 3.07. The minimum atomic E-state index is -0.685. The van der Waals surface area contributed by atoms with Crippen molar-refractivity contribution in [1.29, 1.82) is 0 Å². The Morgan fingerprint density at radius 2 is 1.32 bits per heavy atom. The molecule has 5 heterocycles. The molecular weight excluding hydrogens is 826 g/mol. The van der Waals surface area contributed by atoms with Gasteiger partial charge >= 0.3 is 18.2 Å². The average molecular weight is 867 g/mol. The van der Waals surface area contributed by atoms with E-state index >= 15 is 0 Å². The number of aromatic nitrogens is 5. The Morgan fingerprint density at radius 3 is 1.84 bits per heavy atom. The zero-order valence-corrected chi connectivity index (χ0v) is 34.8. The fourth-order valence-electron chi connectivity index (χ4n) is 3.80. The van der Waals surface area contributed by atoms with E-state index in [0.29, 0.717) is 44.0 Å². The van der Waals surface area contributed by atoms with E-state index in [1.54, 1.807) is 85.0 Å². The normalized spacial score (nSPS) is 10.5. The van der Waals surface area contributed by atoms with Gasteiger partial charge in [-0.2, -0.15) is 0 Å². The van der Waals surface area contributed by atoms with E-state index in [2.05, 4.69) is 35.6 Å². The maximum atomic E-state index is 11.6. The first-order valence-electron chi connectivity index (χ1n) is 16.5. The van der Waals surface area contributed by atoms with Crippen LogP contribution in [-0.2, 0) is 14.2 Å². The highest BCUT2D eigenvalue weighted by Crippen LogP contribution is 2.21. The summed E-state index contributed by atoms with van der Waals surface area (Å²) in [4.78, 5) is 74.7. The number of nitrogens with two attached hydrogens (primary N) is 1. The number of amides is 2. The van der Waals surface area contributed by atoms with Crippen LogP contribution in [0.4, 0.5) is 27.0 Å². The number of esters is 1. The van der Waals surface area contributed by atoms with Crippen molar-refractivity contribution in [2.45, 2.75) is 59.7 Å². The van der Waals surface area contributed by atoms with Crippen LogP contribution in [0.25, 0.3) is 11.0 Å². The number of H-pyrrole nitrogens is 1. The van der Waals surface area contributed by atoms with E-state index in [4.69, 9.17) is 66.3 Å². The molecule has 0 saturated carbocycles. The number of halogens is 4. The molecule has 0 atom stereocenters. The summed E-state index contributed by atoms with van der Waals surface area (Å²) in [6.07, 6.45) is 5.24. The Morgan fingerprint density at radius 1 is 0.772 bits per heavy atom. The Labute approximate surface area is 347 Å². The second kappa shape index (κ2) is 22.3. The molecule has 57 heavy (non-hydrogen) atoms. The van der Waals surface area contributed by atoms with Gasteiger partial charge in [0.05, 0.1) is 22.2 Å². The SMILES string of the molecule is CC(C)(C)OC(=O)Nc1cc(Cl)ccn1.CC(C)(C)OC(=O)Nc1nccc(Cl)c1C=O.CCOC(=O)c1cc2c(Cl)ccnc2[nH]c1=O.Nc1cc(Cl)ccn1. The van der Waals surface area contributed by atoms with Gasteiger partial charge in [0.25, 0.3) is 5.56 Å². The van der Waals surface area contributed by atoms with E-state index in [1.807, 2.05) is 0 Å². The third kappa shape index (κ3) is 17.9. The molecule has 5 rings (SSSR count). The lowest BCUT2D eigenvalue weighted by atomic mass is 10.2. The second-order valence-electron chi connectivity index (χ2n) is 13.0. The molecule has 0 radical (unpaired) electrons. The van der Waals surface area contributed by atoms with Crippen LogP contribution in [0.2, 0.25) is 20.1 Å². The van der Waals surface area contributed by atoms with Crippen LogP contribution < -0.4 is 21.9 Å². The van der Waals surface area contributed by atoms with E-state index < -0.39 is 34.9 Å². The maximum absolute atomic E-state index is 11.6. The number of anilines is 3. The van der Waals surface area contributed by atoms with Gasteiger partial charge in [-0.15, -0.1) is 0 Å². The molecule has 0 aliphatic carbocycles. The van der Waals surface area contributed by atoms with Crippen molar-refractivity contribution >= 4 is 99.3 Å². The fourth-order valence-corrected chi connectivity index (χ4v) is 4.51. The first-order chi connectivity index (χ1) is 26.6. The van der Waals surface area contributed by atoms with Gasteiger partial charge in [-0.25, -0.2) is 34.3 Å². The molecule has 0 unspecified atom stereocenters. The van der Waals surface area contributed by atoms with Crippen molar-refractivity contribution in [3.8, 4) is 0 Å². The van der Waals surface area contributed by atoms with Crippen LogP contribution >= 0.6 is 46.4 Å². The van der Waals surface area contributed by atoms with E-state index in [9.17, 15) is 24.0 Å². The number of fused-ring (bicyclic) bond motifs is 1. The Hall–Kier alpha value is -5.55. The molecular formula is C37H40Cl4N8O8. The van der Waals surface area contributed by atoms with E-state index in [0.717, 1.165) is 0 Å². The number of pyridine rings is 5. The lowest BCUT2D eigenvalue weighted by Gasteiger charge is -2.19. The quantitative estimate of drug-likeness (QED) is 0.0735. The number of carbonyl (C=O) groups excluding carboxylic acids is 4. The molecule has 304 valence electrons. The summed E-state index contributed by atoms with van der Waals surface area (Å²) in [7, 11) is 0. The number of aldehydes is 1. The summed E-state index contributed by atoms with van der Waals surface area (Å²) in [5.74, 6) is 0.242. The van der Waals surface area contributed by atoms with Crippen LogP contribution in [0.1, 0.15) is 69.2 Å². The molecule has 0 aliphatic heterocycles. The summed E-state index contributed by atoms with van der Waals surface area (Å²) in [6, 6.07) is 10.9. The molecule has 0 saturated heterocycles. The fraction of sp³-hybridized carbons (Fsp3) is 0.270. The zero-order valence-electron chi connectivity index (χ0n) is 31.8. The number of nitrogens with zero attached hydrogens (tertiary/aromatic N) is 4. The Balaban J connectivity index is 0.000000270. The molecule has 0 aromatic carbocycles. The molecule has 5 aromatic heterocycles. The summed E-state index contributed by atoms with van der Waals surface area (Å²) < 4.78 is 14.9. The standard InChI is InChI=1S/C11H9ClN2O3.C11H13ClN2O3.C10H13ClN2O2.C5H5ClN2/c1-2-17-11(16)7-5-6-8(12)3-4-13-9(6)14-10(7)15;1-11(2,3)17-10(16)14-9-7(6-15)8(12)4-5-13-9;1-10(2,3)15-9(14)13-8-6-7(11)4-5-12-8;6-4-1-2-8-5(7)3-4/h3-5H,2H2,1H3,(H,13,14,15);4-6H,1-3H3,(H,13,14,16);4-6H,1-3H3,(H,12,13,14);1-3H,(H2,7,8). The third-order valence-corrected chi connectivity index (χ3v) is 7.10. The van der Waals surface area contributed by atoms with Crippen molar-refractivity contribution in [3.05, 3.63) is 109 Å². The Kier molecular flexibility index (Phi) is 18.6. The van der Waals surface area contributed by atoms with Crippen molar-refractivity contribution in [1.82, 2.24) is 24.9 Å². The molecule has 0 spiro atoms. The molecule has 0 aliphatic rings. The molecule has 16 nitrogen and oxygen atoms in total. The highest BCUT2D eigenvalue weighted by atomic mass is 35.5. The number of hydrogen-bond acceptors (Lipinski definition) is 13. The van der Waals surface area contributed by atoms with Crippen LogP contribution in [0.3, 0.4) is 0 Å². The summed E-state index contributed by atoms with van der Waals surface area (Å²) in [5.41, 5.74) is 3.97. The Bertz CT molecular complexity index is 2210. The number of nitrogen functional groups attached to an aromatic ring is 1. The number of rotatable bonds is 5. The van der Waals surface area contributed by atoms with Gasteiger partial charge < -0.3 is 24.9 Å². The summed E-state index contributed by atoms with van der Waals surface area (Å²) >= 11 is 23.0. The molecule has 0 fully saturated rings. The van der Waals surface area contributed by atoms with E-state index in [1.165, 1.54) is 30.7 Å². The monoisotopic (exact) mass is 864 g/mol. The number of hydrogen-bond donors (Lipinski definition) is 4. The van der Waals surface area contributed by atoms with Gasteiger partial charge in [-0.3, -0.25) is 20.2 Å². The zero-order chi connectivity index (χ0) is 42.9. The first kappa shape index (κ1) is 47.6. The maximum Gasteiger partial charge on any atom is 0.413 e. The van der Waals surface area contributed by atoms with Gasteiger partial charge in [-0.1, -0.05) is 46.4 Å². The number of ether oxygens (including phenoxy) is 3. The van der Waals surface area contributed by atoms with Crippen molar-refractivity contribution in [2.75, 3.05) is 23.0 Å². The highest BCUT2D eigenvalue weighted by Gasteiger charge is 2.19. The minimum Gasteiger partial charge on any atom is -0.462 e. The lowest BCUT2D eigenvalue weighted by Crippen LogP contribution is -2.27. The molecule has 0 bridgehead atoms.